The molecule has 3 heterocycles. The molecule has 0 atom stereocenters. The Balaban J connectivity index is 2.29. The van der Waals surface area contributed by atoms with Crippen molar-refractivity contribution in [1.82, 2.24) is 19.9 Å². The fraction of sp³-hybridized carbons (Fsp3) is 0.364. The predicted molar refractivity (Wildman–Crippen MR) is 59.2 cm³/mol. The molecule has 5 heteroatoms. The molecule has 3 rings (SSSR count). The van der Waals surface area contributed by atoms with E-state index >= 15 is 0 Å². The summed E-state index contributed by atoms with van der Waals surface area (Å²) in [5.41, 5.74) is 1.56. The van der Waals surface area contributed by atoms with Gasteiger partial charge >= 0.3 is 0 Å². The topological polar surface area (TPSA) is 59.8 Å². The standard InChI is InChI=1S/C11H12N4O/c1-2-9-13-6-7-5-8-11(16)12-3-4-15(8)10(7)14-9/h5-6H,2-4H2,1H3,(H,12,16). The van der Waals surface area contributed by atoms with Gasteiger partial charge in [0, 0.05) is 31.1 Å². The second-order valence-electron chi connectivity index (χ2n) is 3.86. The van der Waals surface area contributed by atoms with Crippen LogP contribution >= 0.6 is 0 Å². The summed E-state index contributed by atoms with van der Waals surface area (Å²) >= 11 is 0. The van der Waals surface area contributed by atoms with Crippen LogP contribution in [0.3, 0.4) is 0 Å². The van der Waals surface area contributed by atoms with Crippen LogP contribution in [0.1, 0.15) is 23.2 Å². The number of carbonyl (C=O) groups is 1. The molecule has 0 saturated carbocycles. The van der Waals surface area contributed by atoms with E-state index in [1.807, 2.05) is 17.6 Å². The monoisotopic (exact) mass is 216 g/mol. The van der Waals surface area contributed by atoms with Gasteiger partial charge in [-0.15, -0.1) is 0 Å². The van der Waals surface area contributed by atoms with Crippen LogP contribution in [0.25, 0.3) is 11.0 Å². The zero-order valence-corrected chi connectivity index (χ0v) is 9.03. The van der Waals surface area contributed by atoms with Gasteiger partial charge in [-0.25, -0.2) is 9.97 Å². The molecule has 0 radical (unpaired) electrons. The lowest BCUT2D eigenvalue weighted by Crippen LogP contribution is -2.34. The Labute approximate surface area is 92.5 Å². The quantitative estimate of drug-likeness (QED) is 0.764. The van der Waals surface area contributed by atoms with Crippen molar-refractivity contribution in [2.75, 3.05) is 6.54 Å². The first-order valence-electron chi connectivity index (χ1n) is 5.43. The summed E-state index contributed by atoms with van der Waals surface area (Å²) in [6.07, 6.45) is 2.60. The van der Waals surface area contributed by atoms with Crippen LogP contribution < -0.4 is 5.32 Å². The van der Waals surface area contributed by atoms with Crippen LogP contribution in [0.15, 0.2) is 12.3 Å². The maximum atomic E-state index is 11.6. The molecule has 2 aromatic heterocycles. The highest BCUT2D eigenvalue weighted by atomic mass is 16.2. The van der Waals surface area contributed by atoms with Crippen molar-refractivity contribution in [3.63, 3.8) is 0 Å². The third-order valence-electron chi connectivity index (χ3n) is 2.85. The highest BCUT2D eigenvalue weighted by Crippen LogP contribution is 2.19. The Bertz CT molecular complexity index is 573. The van der Waals surface area contributed by atoms with Gasteiger partial charge in [0.25, 0.3) is 5.91 Å². The van der Waals surface area contributed by atoms with Gasteiger partial charge in [0.1, 0.15) is 17.2 Å². The van der Waals surface area contributed by atoms with Crippen molar-refractivity contribution in [1.29, 1.82) is 0 Å². The normalized spacial score (nSPS) is 14.9. The average molecular weight is 216 g/mol. The summed E-state index contributed by atoms with van der Waals surface area (Å²) in [5, 5.41) is 3.75. The van der Waals surface area contributed by atoms with E-state index < -0.39 is 0 Å². The molecule has 5 nitrogen and oxygen atoms in total. The van der Waals surface area contributed by atoms with Crippen LogP contribution in [-0.2, 0) is 13.0 Å². The van der Waals surface area contributed by atoms with Gasteiger partial charge in [-0.1, -0.05) is 6.92 Å². The van der Waals surface area contributed by atoms with Gasteiger partial charge in [0.15, 0.2) is 0 Å². The maximum absolute atomic E-state index is 11.6. The van der Waals surface area contributed by atoms with Crippen LogP contribution in [0.4, 0.5) is 0 Å². The lowest BCUT2D eigenvalue weighted by molar-refractivity contribution is 0.0929. The molecule has 1 N–H and O–H groups in total. The number of aromatic nitrogens is 3. The molecule has 0 aromatic carbocycles. The number of amides is 1. The highest BCUT2D eigenvalue weighted by Gasteiger charge is 2.20. The first-order valence-corrected chi connectivity index (χ1v) is 5.43. The Morgan fingerprint density at radius 3 is 3.25 bits per heavy atom. The van der Waals surface area contributed by atoms with Crippen molar-refractivity contribution in [2.24, 2.45) is 0 Å². The number of hydrogen-bond donors (Lipinski definition) is 1. The van der Waals surface area contributed by atoms with Gasteiger partial charge in [0.2, 0.25) is 0 Å². The van der Waals surface area contributed by atoms with Gasteiger partial charge in [-0.3, -0.25) is 4.79 Å². The molecule has 0 bridgehead atoms. The Morgan fingerprint density at radius 2 is 2.44 bits per heavy atom. The molecule has 0 unspecified atom stereocenters. The highest BCUT2D eigenvalue weighted by molar-refractivity contribution is 5.98. The van der Waals surface area contributed by atoms with Crippen molar-refractivity contribution in [3.05, 3.63) is 23.8 Å². The maximum Gasteiger partial charge on any atom is 0.268 e. The minimum Gasteiger partial charge on any atom is -0.349 e. The van der Waals surface area contributed by atoms with E-state index in [9.17, 15) is 4.79 Å². The fourth-order valence-electron chi connectivity index (χ4n) is 2.03. The molecule has 82 valence electrons. The molecule has 0 aliphatic carbocycles. The van der Waals surface area contributed by atoms with E-state index in [1.165, 1.54) is 0 Å². The summed E-state index contributed by atoms with van der Waals surface area (Å²) in [5.74, 6) is 0.793. The number of nitrogens with zero attached hydrogens (tertiary/aromatic N) is 3. The molecule has 0 saturated heterocycles. The number of hydrogen-bond acceptors (Lipinski definition) is 3. The van der Waals surface area contributed by atoms with E-state index in [1.54, 1.807) is 6.20 Å². The smallest absolute Gasteiger partial charge is 0.268 e. The summed E-state index contributed by atoms with van der Waals surface area (Å²) in [6, 6.07) is 1.85. The summed E-state index contributed by atoms with van der Waals surface area (Å²) < 4.78 is 1.97. The van der Waals surface area contributed by atoms with Gasteiger partial charge in [0.05, 0.1) is 0 Å². The molecule has 2 aromatic rings. The molecular formula is C11H12N4O. The third kappa shape index (κ3) is 1.21. The lowest BCUT2D eigenvalue weighted by atomic mass is 10.3. The largest absolute Gasteiger partial charge is 0.349 e. The molecular weight excluding hydrogens is 204 g/mol. The zero-order chi connectivity index (χ0) is 11.1. The third-order valence-corrected chi connectivity index (χ3v) is 2.85. The summed E-state index contributed by atoms with van der Waals surface area (Å²) in [7, 11) is 0. The van der Waals surface area contributed by atoms with Crippen LogP contribution in [0, 0.1) is 0 Å². The molecule has 1 amide bonds. The Morgan fingerprint density at radius 1 is 1.56 bits per heavy atom. The van der Waals surface area contributed by atoms with Crippen LogP contribution in [0.2, 0.25) is 0 Å². The average Bonchev–Trinajstić information content (AvgIpc) is 2.68. The Hall–Kier alpha value is -1.91. The van der Waals surface area contributed by atoms with Gasteiger partial charge in [-0.2, -0.15) is 0 Å². The van der Waals surface area contributed by atoms with Crippen molar-refractivity contribution in [3.8, 4) is 0 Å². The number of carbonyl (C=O) groups excluding carboxylic acids is 1. The minimum absolute atomic E-state index is 0.0256. The number of rotatable bonds is 1. The van der Waals surface area contributed by atoms with E-state index in [0.29, 0.717) is 12.2 Å². The van der Waals surface area contributed by atoms with Crippen molar-refractivity contribution >= 4 is 16.9 Å². The van der Waals surface area contributed by atoms with Gasteiger partial charge in [-0.05, 0) is 6.07 Å². The number of fused-ring (bicyclic) bond motifs is 3. The fourth-order valence-corrected chi connectivity index (χ4v) is 2.03. The second kappa shape index (κ2) is 3.30. The number of nitrogens with one attached hydrogen (secondary N) is 1. The zero-order valence-electron chi connectivity index (χ0n) is 9.03. The van der Waals surface area contributed by atoms with E-state index in [4.69, 9.17) is 0 Å². The molecule has 1 aliphatic rings. The molecule has 0 spiro atoms. The second-order valence-corrected chi connectivity index (χ2v) is 3.86. The van der Waals surface area contributed by atoms with Crippen molar-refractivity contribution in [2.45, 2.75) is 19.9 Å². The summed E-state index contributed by atoms with van der Waals surface area (Å²) in [4.78, 5) is 20.3. The molecule has 16 heavy (non-hydrogen) atoms. The van der Waals surface area contributed by atoms with Crippen LogP contribution in [-0.4, -0.2) is 27.0 Å². The van der Waals surface area contributed by atoms with E-state index in [-0.39, 0.29) is 5.91 Å². The number of aryl methyl sites for hydroxylation is 1. The van der Waals surface area contributed by atoms with Gasteiger partial charge < -0.3 is 9.88 Å². The molecule has 1 aliphatic heterocycles. The van der Waals surface area contributed by atoms with Crippen LogP contribution in [0.5, 0.6) is 0 Å². The minimum atomic E-state index is -0.0256. The molecule has 0 fully saturated rings. The van der Waals surface area contributed by atoms with E-state index in [2.05, 4.69) is 15.3 Å². The lowest BCUT2D eigenvalue weighted by Gasteiger charge is -2.15. The first kappa shape index (κ1) is 9.33. The predicted octanol–water partition coefficient (Wildman–Crippen LogP) is 0.737. The Kier molecular flexibility index (Phi) is 1.92. The SMILES string of the molecule is CCc1ncc2cc3n(c2n1)CCNC3=O. The van der Waals surface area contributed by atoms with Crippen molar-refractivity contribution < 1.29 is 4.79 Å². The van der Waals surface area contributed by atoms with E-state index in [0.717, 1.165) is 29.8 Å². The first-order chi connectivity index (χ1) is 7.79. The summed E-state index contributed by atoms with van der Waals surface area (Å²) in [6.45, 7) is 3.47.